The molecule has 19 heavy (non-hydrogen) atoms. The Bertz CT molecular complexity index is 649. The Morgan fingerprint density at radius 1 is 1.32 bits per heavy atom. The summed E-state index contributed by atoms with van der Waals surface area (Å²) >= 11 is 1.29. The minimum absolute atomic E-state index is 0.140. The Morgan fingerprint density at radius 2 is 2.05 bits per heavy atom. The minimum atomic E-state index is -1.02. The highest BCUT2D eigenvalue weighted by atomic mass is 32.1. The van der Waals surface area contributed by atoms with Crippen molar-refractivity contribution in [2.75, 3.05) is 5.32 Å². The van der Waals surface area contributed by atoms with E-state index in [2.05, 4.69) is 10.3 Å². The Balaban J connectivity index is 2.25. The molecule has 6 heteroatoms. The minimum Gasteiger partial charge on any atom is -0.478 e. The van der Waals surface area contributed by atoms with Crippen LogP contribution < -0.4 is 5.32 Å². The van der Waals surface area contributed by atoms with Gasteiger partial charge in [0.05, 0.1) is 16.8 Å². The number of hydrogen-bond donors (Lipinski definition) is 2. The highest BCUT2D eigenvalue weighted by molar-refractivity contribution is 7.13. The Morgan fingerprint density at radius 3 is 2.63 bits per heavy atom. The van der Waals surface area contributed by atoms with Gasteiger partial charge in [-0.15, -0.1) is 11.3 Å². The van der Waals surface area contributed by atoms with Crippen molar-refractivity contribution in [1.82, 2.24) is 4.98 Å². The van der Waals surface area contributed by atoms with E-state index < -0.39 is 5.97 Å². The number of benzene rings is 1. The number of thiazole rings is 1. The monoisotopic (exact) mass is 276 g/mol. The van der Waals surface area contributed by atoms with Crippen molar-refractivity contribution in [3.63, 3.8) is 0 Å². The van der Waals surface area contributed by atoms with Crippen molar-refractivity contribution in [3.05, 3.63) is 45.4 Å². The van der Waals surface area contributed by atoms with Gasteiger partial charge in [-0.25, -0.2) is 9.78 Å². The molecule has 0 aliphatic carbocycles. The van der Waals surface area contributed by atoms with Crippen LogP contribution in [0.3, 0.4) is 0 Å². The fourth-order valence-corrected chi connectivity index (χ4v) is 2.21. The predicted molar refractivity (Wildman–Crippen MR) is 72.9 cm³/mol. The van der Waals surface area contributed by atoms with E-state index in [1.807, 2.05) is 6.92 Å². The third-order valence-corrected chi connectivity index (χ3v) is 3.49. The fourth-order valence-electron chi connectivity index (χ4n) is 1.54. The molecular formula is C13H12N2O3S. The summed E-state index contributed by atoms with van der Waals surface area (Å²) in [5.41, 5.74) is 1.44. The van der Waals surface area contributed by atoms with Crippen LogP contribution in [0, 0.1) is 13.8 Å². The molecule has 2 aromatic rings. The van der Waals surface area contributed by atoms with Crippen molar-refractivity contribution < 1.29 is 14.7 Å². The molecule has 1 heterocycles. The number of nitrogens with one attached hydrogen (secondary N) is 1. The summed E-state index contributed by atoms with van der Waals surface area (Å²) in [6, 6.07) is 4.62. The van der Waals surface area contributed by atoms with E-state index in [9.17, 15) is 9.59 Å². The molecule has 0 aliphatic heterocycles. The van der Waals surface area contributed by atoms with Gasteiger partial charge in [0.2, 0.25) is 0 Å². The lowest BCUT2D eigenvalue weighted by Gasteiger charge is -2.08. The molecule has 2 N–H and O–H groups in total. The number of aromatic carboxylic acids is 1. The zero-order valence-corrected chi connectivity index (χ0v) is 11.2. The second-order valence-electron chi connectivity index (χ2n) is 4.03. The van der Waals surface area contributed by atoms with Crippen LogP contribution in [-0.4, -0.2) is 22.0 Å². The summed E-state index contributed by atoms with van der Waals surface area (Å²) in [5.74, 6) is -1.31. The first-order chi connectivity index (χ1) is 8.97. The van der Waals surface area contributed by atoms with Crippen LogP contribution in [0.5, 0.6) is 0 Å². The van der Waals surface area contributed by atoms with Crippen LogP contribution in [0.4, 0.5) is 5.69 Å². The van der Waals surface area contributed by atoms with Crippen molar-refractivity contribution in [1.29, 1.82) is 0 Å². The first kappa shape index (κ1) is 13.2. The molecule has 2 rings (SSSR count). The number of aryl methyl sites for hydroxylation is 2. The molecule has 0 saturated carbocycles. The van der Waals surface area contributed by atoms with Crippen molar-refractivity contribution in [2.24, 2.45) is 0 Å². The average molecular weight is 276 g/mol. The number of carbonyl (C=O) groups excluding carboxylic acids is 1. The van der Waals surface area contributed by atoms with E-state index in [-0.39, 0.29) is 11.5 Å². The highest BCUT2D eigenvalue weighted by Gasteiger charge is 2.12. The number of carboxylic acids is 1. The summed E-state index contributed by atoms with van der Waals surface area (Å²) in [7, 11) is 0. The molecular weight excluding hydrogens is 264 g/mol. The molecule has 0 saturated heterocycles. The average Bonchev–Trinajstić information content (AvgIpc) is 2.78. The van der Waals surface area contributed by atoms with Gasteiger partial charge >= 0.3 is 5.97 Å². The predicted octanol–water partition coefficient (Wildman–Crippen LogP) is 2.71. The molecule has 1 aromatic carbocycles. The smallest absolute Gasteiger partial charge is 0.335 e. The normalized spacial score (nSPS) is 10.2. The van der Waals surface area contributed by atoms with Gasteiger partial charge in [-0.05, 0) is 31.5 Å². The van der Waals surface area contributed by atoms with Crippen molar-refractivity contribution in [2.45, 2.75) is 13.8 Å². The number of carboxylic acid groups (broad SMARTS) is 1. The van der Waals surface area contributed by atoms with Crippen LogP contribution in [0.25, 0.3) is 0 Å². The van der Waals surface area contributed by atoms with Gasteiger partial charge in [0, 0.05) is 5.69 Å². The van der Waals surface area contributed by atoms with Gasteiger partial charge in [-0.1, -0.05) is 6.07 Å². The van der Waals surface area contributed by atoms with Gasteiger partial charge < -0.3 is 10.4 Å². The molecule has 1 aromatic heterocycles. The molecule has 0 atom stereocenters. The van der Waals surface area contributed by atoms with E-state index in [4.69, 9.17) is 5.11 Å². The van der Waals surface area contributed by atoms with Gasteiger partial charge in [0.1, 0.15) is 4.88 Å². The zero-order valence-electron chi connectivity index (χ0n) is 10.4. The number of hydrogen-bond acceptors (Lipinski definition) is 4. The second kappa shape index (κ2) is 5.19. The lowest BCUT2D eigenvalue weighted by Crippen LogP contribution is -2.12. The third-order valence-electron chi connectivity index (χ3n) is 2.58. The SMILES string of the molecule is Cc1ncc(C(=O)Nc2cc(C(=O)O)ccc2C)s1. The standard InChI is InChI=1S/C13H12N2O3S/c1-7-3-4-9(13(17)18)5-10(7)15-12(16)11-6-14-8(2)19-11/h3-6H,1-2H3,(H,15,16)(H,17,18). The van der Waals surface area contributed by atoms with Gasteiger partial charge in [-0.2, -0.15) is 0 Å². The maximum absolute atomic E-state index is 12.0. The lowest BCUT2D eigenvalue weighted by molar-refractivity contribution is 0.0696. The van der Waals surface area contributed by atoms with Gasteiger partial charge in [-0.3, -0.25) is 4.79 Å². The topological polar surface area (TPSA) is 79.3 Å². The molecule has 0 bridgehead atoms. The van der Waals surface area contributed by atoms with Crippen LogP contribution in [-0.2, 0) is 0 Å². The number of nitrogens with zero attached hydrogens (tertiary/aromatic N) is 1. The van der Waals surface area contributed by atoms with Gasteiger partial charge in [0.15, 0.2) is 0 Å². The molecule has 1 amide bonds. The Hall–Kier alpha value is -2.21. The largest absolute Gasteiger partial charge is 0.478 e. The molecule has 0 spiro atoms. The maximum atomic E-state index is 12.0. The maximum Gasteiger partial charge on any atom is 0.335 e. The highest BCUT2D eigenvalue weighted by Crippen LogP contribution is 2.19. The van der Waals surface area contributed by atoms with Crippen molar-refractivity contribution >= 4 is 28.9 Å². The van der Waals surface area contributed by atoms with Crippen molar-refractivity contribution in [3.8, 4) is 0 Å². The number of aromatic nitrogens is 1. The van der Waals surface area contributed by atoms with E-state index in [0.717, 1.165) is 10.6 Å². The fraction of sp³-hybridized carbons (Fsp3) is 0.154. The molecule has 98 valence electrons. The van der Waals surface area contributed by atoms with Gasteiger partial charge in [0.25, 0.3) is 5.91 Å². The number of rotatable bonds is 3. The molecule has 0 unspecified atom stereocenters. The van der Waals surface area contributed by atoms with Crippen LogP contribution in [0.2, 0.25) is 0 Å². The second-order valence-corrected chi connectivity index (χ2v) is 5.27. The van der Waals surface area contributed by atoms with E-state index in [0.29, 0.717) is 10.6 Å². The molecule has 0 radical (unpaired) electrons. The Kier molecular flexibility index (Phi) is 3.62. The van der Waals surface area contributed by atoms with Crippen LogP contribution in [0.1, 0.15) is 30.6 Å². The quantitative estimate of drug-likeness (QED) is 0.903. The van der Waals surface area contributed by atoms with E-state index in [1.165, 1.54) is 29.7 Å². The van der Waals surface area contributed by atoms with E-state index in [1.54, 1.807) is 13.0 Å². The molecule has 5 nitrogen and oxygen atoms in total. The first-order valence-electron chi connectivity index (χ1n) is 5.55. The van der Waals surface area contributed by atoms with Crippen LogP contribution >= 0.6 is 11.3 Å². The lowest BCUT2D eigenvalue weighted by atomic mass is 10.1. The summed E-state index contributed by atoms with van der Waals surface area (Å²) in [6.45, 7) is 3.62. The summed E-state index contributed by atoms with van der Waals surface area (Å²) in [4.78, 5) is 27.4. The summed E-state index contributed by atoms with van der Waals surface area (Å²) in [6.07, 6.45) is 1.51. The Labute approximate surface area is 113 Å². The first-order valence-corrected chi connectivity index (χ1v) is 6.37. The summed E-state index contributed by atoms with van der Waals surface area (Å²) < 4.78 is 0. The van der Waals surface area contributed by atoms with E-state index >= 15 is 0 Å². The number of carbonyl (C=O) groups is 2. The third kappa shape index (κ3) is 2.97. The van der Waals surface area contributed by atoms with Crippen LogP contribution in [0.15, 0.2) is 24.4 Å². The summed E-state index contributed by atoms with van der Waals surface area (Å²) in [5, 5.41) is 12.4. The zero-order chi connectivity index (χ0) is 14.0. The molecule has 0 fully saturated rings. The molecule has 0 aliphatic rings. The number of amides is 1. The number of anilines is 1.